The molecule has 3 aromatic rings. The molecule has 0 radical (unpaired) electrons. The summed E-state index contributed by atoms with van der Waals surface area (Å²) < 4.78 is 6.78. The zero-order chi connectivity index (χ0) is 62.3. The van der Waals surface area contributed by atoms with E-state index in [0.717, 1.165) is 65.6 Å². The summed E-state index contributed by atoms with van der Waals surface area (Å²) in [5.74, 6) is 4.80. The molecule has 3 aliphatic heterocycles. The Labute approximate surface area is 521 Å². The number of fused-ring (bicyclic) bond motifs is 7. The van der Waals surface area contributed by atoms with Crippen LogP contribution in [0.15, 0.2) is 130 Å². The molecule has 1 amide bonds. The molecule has 0 aromatic heterocycles. The van der Waals surface area contributed by atoms with Crippen molar-refractivity contribution < 1.29 is 39.9 Å². The number of nitrogens with two attached hydrogens (primary N) is 3. The molecule has 3 aromatic carbocycles. The van der Waals surface area contributed by atoms with E-state index in [9.17, 15) is 30.3 Å². The van der Waals surface area contributed by atoms with Gasteiger partial charge in [0.2, 0.25) is 5.91 Å². The summed E-state index contributed by atoms with van der Waals surface area (Å²) in [5.41, 5.74) is 25.1. The first-order valence-corrected chi connectivity index (χ1v) is 32.7. The number of aromatic hydroxyl groups is 1. The van der Waals surface area contributed by atoms with Crippen LogP contribution in [0.1, 0.15) is 169 Å². The van der Waals surface area contributed by atoms with E-state index in [-0.39, 0.29) is 67.6 Å². The third kappa shape index (κ3) is 14.5. The van der Waals surface area contributed by atoms with Crippen LogP contribution >= 0.6 is 0 Å². The lowest BCUT2D eigenvalue weighted by Crippen LogP contribution is -2.59. The maximum atomic E-state index is 15.4. The van der Waals surface area contributed by atoms with Crippen LogP contribution in [0.4, 0.5) is 0 Å². The highest BCUT2D eigenvalue weighted by Gasteiger charge is 2.67. The average molecular weight is 1200 g/mol. The summed E-state index contributed by atoms with van der Waals surface area (Å²) in [6, 6.07) is 19.4. The molecular weight excluding hydrogens is 1100 g/mol. The van der Waals surface area contributed by atoms with E-state index in [0.29, 0.717) is 79.5 Å². The first-order chi connectivity index (χ1) is 42.3. The van der Waals surface area contributed by atoms with Crippen LogP contribution in [-0.4, -0.2) is 105 Å². The molecule has 1 spiro atoms. The van der Waals surface area contributed by atoms with Gasteiger partial charge in [-0.15, -0.1) is 0 Å². The second-order valence-corrected chi connectivity index (χ2v) is 27.1. The molecule has 14 atom stereocenters. The highest BCUT2D eigenvalue weighted by atomic mass is 16.5. The van der Waals surface area contributed by atoms with Gasteiger partial charge in [-0.05, 0) is 190 Å². The quantitative estimate of drug-likeness (QED) is 0.0459. The van der Waals surface area contributed by atoms with Crippen molar-refractivity contribution in [3.63, 3.8) is 0 Å². The summed E-state index contributed by atoms with van der Waals surface area (Å²) in [6.07, 6.45) is 17.2. The van der Waals surface area contributed by atoms with Gasteiger partial charge >= 0.3 is 0 Å². The number of hydrogen-bond acceptors (Lipinski definition) is 12. The van der Waals surface area contributed by atoms with Crippen LogP contribution in [0.5, 0.6) is 5.75 Å². The van der Waals surface area contributed by atoms with Gasteiger partial charge in [0.1, 0.15) is 24.6 Å². The van der Waals surface area contributed by atoms with Crippen LogP contribution in [0, 0.1) is 46.8 Å². The number of aliphatic imine (C=N–C) groups is 1. The minimum absolute atomic E-state index is 0.0296. The SMILES string of the molecule is C=C1C=CC=C2C(CCCC3CC4(C5CCC(O)Cc6cccc(c6)CC(C(CN=C(N)N)c6ccc(O)cc6)C(O)CNC6C(=O)NC(N)c7cccc(c76)CC(=O)C(C)=C5CCC4(C)O)C(O)C23)OCC#CCC(C)=CCC1NCC1CCCCC1. The van der Waals surface area contributed by atoms with Gasteiger partial charge in [0, 0.05) is 49.2 Å². The lowest BCUT2D eigenvalue weighted by molar-refractivity contribution is -0.169. The number of allylic oxidation sites excluding steroid dienone is 5. The van der Waals surface area contributed by atoms with E-state index in [4.69, 9.17) is 21.9 Å². The van der Waals surface area contributed by atoms with Gasteiger partial charge in [0.25, 0.3) is 0 Å². The van der Waals surface area contributed by atoms with Crippen molar-refractivity contribution in [2.75, 3.05) is 26.2 Å². The zero-order valence-electron chi connectivity index (χ0n) is 52.1. The fraction of sp³-hybridized carbons (Fsp3) is 0.548. The Morgan fingerprint density at radius 1 is 0.932 bits per heavy atom. The van der Waals surface area contributed by atoms with Gasteiger partial charge in [0.15, 0.2) is 11.7 Å². The molecule has 2 bridgehead atoms. The number of ketones is 1. The number of aliphatic hydroxyl groups excluding tert-OH is 3. The number of amides is 1. The zero-order valence-corrected chi connectivity index (χ0v) is 52.1. The summed E-state index contributed by atoms with van der Waals surface area (Å²) in [5, 5.41) is 72.6. The van der Waals surface area contributed by atoms with Gasteiger partial charge in [-0.3, -0.25) is 19.9 Å². The molecule has 4 saturated carbocycles. The topological polar surface area (TPSA) is 271 Å². The first kappa shape index (κ1) is 64.8. The normalized spacial score (nSPS) is 32.6. The van der Waals surface area contributed by atoms with Crippen LogP contribution in [0.25, 0.3) is 0 Å². The van der Waals surface area contributed by atoms with Crippen LogP contribution in [0.3, 0.4) is 0 Å². The summed E-state index contributed by atoms with van der Waals surface area (Å²) in [7, 11) is 0. The minimum Gasteiger partial charge on any atom is -0.508 e. The number of rotatable bonds is 7. The Kier molecular flexibility index (Phi) is 21.2. The van der Waals surface area contributed by atoms with Gasteiger partial charge in [0.05, 0.1) is 30.0 Å². The number of phenolic OH excluding ortho intramolecular Hbond substituents is 1. The molecule has 3 heterocycles. The number of nitrogens with zero attached hydrogens (tertiary/aromatic N) is 1. The predicted molar refractivity (Wildman–Crippen MR) is 346 cm³/mol. The number of guanidine groups is 1. The Bertz CT molecular complexity index is 3220. The number of aliphatic hydroxyl groups is 4. The minimum atomic E-state index is -1.38. The number of ether oxygens (including phenoxy) is 1. The molecule has 14 unspecified atom stereocenters. The van der Waals surface area contributed by atoms with Crippen LogP contribution in [-0.2, 0) is 33.6 Å². The molecule has 15 nitrogen and oxygen atoms in total. The Morgan fingerprint density at radius 2 is 1.69 bits per heavy atom. The standard InChI is InChI=1S/C73H97N7O8/c1-44-14-8-9-35-88-64-24-13-21-52-40-73(68(85)66(52)56(64)22-10-15-45(2)61(32-25-44)77-41-47-16-6-5-7-17-47)60-31-30-54(82)37-48-18-11-19-49(36-48)38-58(59(42-79-71(75)76)50-26-28-53(81)29-27-50)63(84)43-78-67-65-51(20-12-23-57(65)69(74)80-70(67)86)39-62(83)46(3)55(60)33-34-72(73,4)87/h10-12,15,18-20,22-23,25-29,36,47,52,54,58-61,63-64,66-69,77-78,81-82,84-85,87H,2,5-7,13-14,16-17,21,24,30-35,37-43,74H2,1,3-4H3,(H,80,86)(H4,75,76,79). The van der Waals surface area contributed by atoms with Crippen LogP contribution in [0.2, 0.25) is 0 Å². The summed E-state index contributed by atoms with van der Waals surface area (Å²) in [4.78, 5) is 34.2. The van der Waals surface area contributed by atoms with Crippen molar-refractivity contribution in [2.24, 2.45) is 57.2 Å². The lowest BCUT2D eigenvalue weighted by Gasteiger charge is -2.56. The molecule has 4 fully saturated rings. The van der Waals surface area contributed by atoms with E-state index in [2.05, 4.69) is 76.7 Å². The second kappa shape index (κ2) is 28.7. The molecule has 10 rings (SSSR count). The van der Waals surface area contributed by atoms with Crippen molar-refractivity contribution in [3.8, 4) is 17.6 Å². The summed E-state index contributed by atoms with van der Waals surface area (Å²) in [6.45, 7) is 11.8. The molecular formula is C73H97N7O8. The Hall–Kier alpha value is -6.19. The third-order valence-corrected chi connectivity index (χ3v) is 21.4. The molecule has 88 heavy (non-hydrogen) atoms. The molecule has 15 heteroatoms. The van der Waals surface area contributed by atoms with E-state index in [1.165, 1.54) is 37.7 Å². The van der Waals surface area contributed by atoms with Crippen molar-refractivity contribution in [3.05, 3.63) is 159 Å². The summed E-state index contributed by atoms with van der Waals surface area (Å²) >= 11 is 0. The van der Waals surface area contributed by atoms with Gasteiger partial charge in [-0.25, -0.2) is 0 Å². The molecule has 14 N–H and O–H groups in total. The van der Waals surface area contributed by atoms with Gasteiger partial charge in [-0.2, -0.15) is 0 Å². The maximum Gasteiger partial charge on any atom is 0.243 e. The number of nitrogens with one attached hydrogen (secondary N) is 3. The van der Waals surface area contributed by atoms with E-state index in [1.54, 1.807) is 24.3 Å². The van der Waals surface area contributed by atoms with Crippen molar-refractivity contribution in [1.82, 2.24) is 16.0 Å². The molecule has 472 valence electrons. The fourth-order valence-electron chi connectivity index (χ4n) is 16.6. The number of benzene rings is 3. The fourth-order valence-corrected chi connectivity index (χ4v) is 16.6. The number of hydrogen-bond donors (Lipinski definition) is 11. The number of β-amino-alcohol motifs (C(OH)–C–C–N with tert-alkyl or cyclic N) is 1. The largest absolute Gasteiger partial charge is 0.508 e. The van der Waals surface area contributed by atoms with E-state index in [1.807, 2.05) is 50.2 Å². The van der Waals surface area contributed by atoms with Gasteiger partial charge < -0.3 is 58.1 Å². The highest BCUT2D eigenvalue weighted by Crippen LogP contribution is 2.66. The lowest BCUT2D eigenvalue weighted by atomic mass is 9.52. The first-order valence-electron chi connectivity index (χ1n) is 32.7. The molecule has 0 saturated heterocycles. The highest BCUT2D eigenvalue weighted by molar-refractivity contribution is 5.98. The predicted octanol–water partition coefficient (Wildman–Crippen LogP) is 8.55. The van der Waals surface area contributed by atoms with Crippen molar-refractivity contribution in [1.29, 1.82) is 0 Å². The number of phenols is 1. The molecule has 7 aliphatic rings. The maximum absolute atomic E-state index is 15.4. The number of carbonyl (C=O) groups is 2. The number of Topliss-reactive ketones (excluding diaryl/α,β-unsaturated/α-hetero) is 1. The van der Waals surface area contributed by atoms with E-state index >= 15 is 4.79 Å². The van der Waals surface area contributed by atoms with Gasteiger partial charge in [-0.1, -0.05) is 134 Å². The average Bonchev–Trinajstić information content (AvgIpc) is 1.49. The number of carbonyl (C=O) groups excluding carboxylic acids is 2. The van der Waals surface area contributed by atoms with Crippen LogP contribution < -0.4 is 33.2 Å². The molecule has 4 aliphatic carbocycles. The Balaban J connectivity index is 1.04. The monoisotopic (exact) mass is 1200 g/mol. The smallest absolute Gasteiger partial charge is 0.243 e. The van der Waals surface area contributed by atoms with E-state index < -0.39 is 65.2 Å². The van der Waals surface area contributed by atoms with Crippen molar-refractivity contribution >= 4 is 17.6 Å². The van der Waals surface area contributed by atoms with Crippen molar-refractivity contribution in [2.45, 2.75) is 191 Å². The second-order valence-electron chi connectivity index (χ2n) is 27.1. The third-order valence-electron chi connectivity index (χ3n) is 21.4. The Morgan fingerprint density at radius 3 is 2.47 bits per heavy atom.